The van der Waals surface area contributed by atoms with Gasteiger partial charge in [0.1, 0.15) is 0 Å². The summed E-state index contributed by atoms with van der Waals surface area (Å²) in [5.74, 6) is 0.0661. The van der Waals surface area contributed by atoms with Gasteiger partial charge in [0, 0.05) is 5.02 Å². The fraction of sp³-hybridized carbons (Fsp3) is 0.0476. The third-order valence-corrected chi connectivity index (χ3v) is 3.91. The SMILES string of the molecule is COc1cc(/C=C(/C#N)c2cccc(Cl)c2)ccc1OC(=O)c1ccco1. The predicted molar refractivity (Wildman–Crippen MR) is 102 cm³/mol. The highest BCUT2D eigenvalue weighted by Gasteiger charge is 2.15. The van der Waals surface area contributed by atoms with E-state index in [1.807, 2.05) is 0 Å². The van der Waals surface area contributed by atoms with E-state index >= 15 is 0 Å². The van der Waals surface area contributed by atoms with Crippen molar-refractivity contribution in [1.82, 2.24) is 0 Å². The number of furan rings is 1. The summed E-state index contributed by atoms with van der Waals surface area (Å²) in [5, 5.41) is 10.0. The highest BCUT2D eigenvalue weighted by molar-refractivity contribution is 6.30. The third kappa shape index (κ3) is 4.38. The lowest BCUT2D eigenvalue weighted by molar-refractivity contribution is 0.0696. The molecule has 0 aliphatic rings. The molecule has 0 bridgehead atoms. The summed E-state index contributed by atoms with van der Waals surface area (Å²) in [6, 6.07) is 17.3. The minimum atomic E-state index is -0.627. The van der Waals surface area contributed by atoms with Crippen molar-refractivity contribution in [2.75, 3.05) is 7.11 Å². The van der Waals surface area contributed by atoms with Gasteiger partial charge >= 0.3 is 5.97 Å². The van der Waals surface area contributed by atoms with Crippen LogP contribution in [0.25, 0.3) is 11.6 Å². The maximum atomic E-state index is 12.0. The molecule has 1 heterocycles. The van der Waals surface area contributed by atoms with E-state index in [9.17, 15) is 10.1 Å². The van der Waals surface area contributed by atoms with Crippen LogP contribution in [0.1, 0.15) is 21.7 Å². The Hall–Kier alpha value is -3.49. The first-order valence-electron chi connectivity index (χ1n) is 7.92. The van der Waals surface area contributed by atoms with E-state index in [4.69, 9.17) is 25.5 Å². The average Bonchev–Trinajstić information content (AvgIpc) is 3.22. The zero-order valence-electron chi connectivity index (χ0n) is 14.3. The van der Waals surface area contributed by atoms with Crippen molar-refractivity contribution in [3.8, 4) is 17.6 Å². The maximum absolute atomic E-state index is 12.0. The van der Waals surface area contributed by atoms with Crippen molar-refractivity contribution in [2.45, 2.75) is 0 Å². The number of nitriles is 1. The monoisotopic (exact) mass is 379 g/mol. The van der Waals surface area contributed by atoms with E-state index in [0.29, 0.717) is 27.5 Å². The maximum Gasteiger partial charge on any atom is 0.379 e. The number of carbonyl (C=O) groups excluding carboxylic acids is 1. The predicted octanol–water partition coefficient (Wildman–Crippen LogP) is 5.22. The summed E-state index contributed by atoms with van der Waals surface area (Å²) in [6.45, 7) is 0. The lowest BCUT2D eigenvalue weighted by Gasteiger charge is -2.09. The molecule has 0 saturated heterocycles. The first-order valence-corrected chi connectivity index (χ1v) is 8.30. The highest BCUT2D eigenvalue weighted by atomic mass is 35.5. The first-order chi connectivity index (χ1) is 13.1. The van der Waals surface area contributed by atoms with Gasteiger partial charge in [-0.2, -0.15) is 5.26 Å². The van der Waals surface area contributed by atoms with Gasteiger partial charge in [0.15, 0.2) is 11.5 Å². The summed E-state index contributed by atoms with van der Waals surface area (Å²) in [6.07, 6.45) is 3.09. The topological polar surface area (TPSA) is 72.5 Å². The number of methoxy groups -OCH3 is 1. The van der Waals surface area contributed by atoms with E-state index in [1.54, 1.807) is 54.6 Å². The molecule has 27 heavy (non-hydrogen) atoms. The zero-order chi connectivity index (χ0) is 19.2. The van der Waals surface area contributed by atoms with Gasteiger partial charge in [-0.25, -0.2) is 4.79 Å². The molecule has 134 valence electrons. The lowest BCUT2D eigenvalue weighted by Crippen LogP contribution is -2.08. The molecule has 3 aromatic rings. The highest BCUT2D eigenvalue weighted by Crippen LogP contribution is 2.30. The van der Waals surface area contributed by atoms with Crippen LogP contribution in [0.5, 0.6) is 11.5 Å². The number of hydrogen-bond acceptors (Lipinski definition) is 5. The number of carbonyl (C=O) groups is 1. The Morgan fingerprint density at radius 1 is 1.15 bits per heavy atom. The van der Waals surface area contributed by atoms with Gasteiger partial charge in [0.2, 0.25) is 5.76 Å². The second kappa shape index (κ2) is 8.26. The van der Waals surface area contributed by atoms with Crippen LogP contribution in [0.3, 0.4) is 0 Å². The van der Waals surface area contributed by atoms with Crippen molar-refractivity contribution < 1.29 is 18.7 Å². The van der Waals surface area contributed by atoms with Crippen LogP contribution in [0.15, 0.2) is 65.3 Å². The number of hydrogen-bond donors (Lipinski definition) is 0. The quantitative estimate of drug-likeness (QED) is 0.263. The number of halogens is 1. The number of allylic oxidation sites excluding steroid dienone is 1. The second-order valence-corrected chi connectivity index (χ2v) is 5.89. The molecule has 0 N–H and O–H groups in total. The van der Waals surface area contributed by atoms with Crippen molar-refractivity contribution >= 4 is 29.2 Å². The van der Waals surface area contributed by atoms with Gasteiger partial charge < -0.3 is 13.9 Å². The van der Waals surface area contributed by atoms with Gasteiger partial charge in [0.05, 0.1) is 25.0 Å². The Bertz CT molecular complexity index is 1030. The summed E-state index contributed by atoms with van der Waals surface area (Å²) in [5.41, 5.74) is 1.86. The largest absolute Gasteiger partial charge is 0.493 e. The Balaban J connectivity index is 1.89. The second-order valence-electron chi connectivity index (χ2n) is 5.46. The number of rotatable bonds is 5. The van der Waals surface area contributed by atoms with Gasteiger partial charge in [-0.15, -0.1) is 0 Å². The van der Waals surface area contributed by atoms with Crippen molar-refractivity contribution in [2.24, 2.45) is 0 Å². The number of ether oxygens (including phenoxy) is 2. The molecule has 0 aliphatic heterocycles. The zero-order valence-corrected chi connectivity index (χ0v) is 15.1. The van der Waals surface area contributed by atoms with Crippen LogP contribution < -0.4 is 9.47 Å². The Labute approximate surface area is 161 Å². The van der Waals surface area contributed by atoms with E-state index in [1.165, 1.54) is 19.4 Å². The van der Waals surface area contributed by atoms with Crippen molar-refractivity contribution in [1.29, 1.82) is 5.26 Å². The molecule has 5 nitrogen and oxygen atoms in total. The smallest absolute Gasteiger partial charge is 0.379 e. The molecule has 0 radical (unpaired) electrons. The Kier molecular flexibility index (Phi) is 5.60. The molecule has 0 saturated carbocycles. The molecule has 2 aromatic carbocycles. The molecule has 0 amide bonds. The first kappa shape index (κ1) is 18.3. The van der Waals surface area contributed by atoms with Crippen LogP contribution in [0, 0.1) is 11.3 Å². The molecule has 0 aliphatic carbocycles. The van der Waals surface area contributed by atoms with E-state index < -0.39 is 5.97 Å². The van der Waals surface area contributed by atoms with Crippen molar-refractivity contribution in [3.63, 3.8) is 0 Å². The third-order valence-electron chi connectivity index (χ3n) is 3.68. The standard InChI is InChI=1S/C21H14ClNO4/c1-25-20-11-14(10-16(13-23)15-4-2-5-17(22)12-15)7-8-18(20)27-21(24)19-6-3-9-26-19/h2-12H,1H3/b16-10-. The van der Waals surface area contributed by atoms with E-state index in [-0.39, 0.29) is 11.5 Å². The minimum absolute atomic E-state index is 0.0914. The van der Waals surface area contributed by atoms with Crippen LogP contribution in [0.4, 0.5) is 0 Å². The van der Waals surface area contributed by atoms with Crippen LogP contribution >= 0.6 is 11.6 Å². The van der Waals surface area contributed by atoms with Crippen LogP contribution in [0.2, 0.25) is 5.02 Å². The summed E-state index contributed by atoms with van der Waals surface area (Å²) in [4.78, 5) is 12.0. The summed E-state index contributed by atoms with van der Waals surface area (Å²) in [7, 11) is 1.47. The number of esters is 1. The van der Waals surface area contributed by atoms with Gasteiger partial charge in [-0.3, -0.25) is 0 Å². The van der Waals surface area contributed by atoms with Gasteiger partial charge in [-0.05, 0) is 53.6 Å². The molecule has 0 atom stereocenters. The molecule has 0 unspecified atom stereocenters. The van der Waals surface area contributed by atoms with Crippen LogP contribution in [-0.2, 0) is 0 Å². The molecule has 3 rings (SSSR count). The molecular formula is C21H14ClNO4. The number of benzene rings is 2. The fourth-order valence-electron chi connectivity index (χ4n) is 2.41. The van der Waals surface area contributed by atoms with Crippen molar-refractivity contribution in [3.05, 3.63) is 82.8 Å². The molecule has 6 heteroatoms. The van der Waals surface area contributed by atoms with E-state index in [0.717, 1.165) is 0 Å². The minimum Gasteiger partial charge on any atom is -0.493 e. The lowest BCUT2D eigenvalue weighted by atomic mass is 10.0. The average molecular weight is 380 g/mol. The molecule has 0 spiro atoms. The van der Waals surface area contributed by atoms with E-state index in [2.05, 4.69) is 6.07 Å². The summed E-state index contributed by atoms with van der Waals surface area (Å²) >= 11 is 6.00. The Morgan fingerprint density at radius 2 is 2.00 bits per heavy atom. The van der Waals surface area contributed by atoms with Gasteiger partial charge in [0.25, 0.3) is 0 Å². The Morgan fingerprint density at radius 3 is 2.67 bits per heavy atom. The van der Waals surface area contributed by atoms with Gasteiger partial charge in [-0.1, -0.05) is 29.8 Å². The summed E-state index contributed by atoms with van der Waals surface area (Å²) < 4.78 is 15.6. The molecule has 0 fully saturated rings. The molecule has 1 aromatic heterocycles. The molecular weight excluding hydrogens is 366 g/mol. The normalized spacial score (nSPS) is 10.9. The fourth-order valence-corrected chi connectivity index (χ4v) is 2.60. The van der Waals surface area contributed by atoms with Crippen LogP contribution in [-0.4, -0.2) is 13.1 Å². The number of nitrogens with zero attached hydrogens (tertiary/aromatic N) is 1.